The van der Waals surface area contributed by atoms with Crippen molar-refractivity contribution in [1.82, 2.24) is 0 Å². The van der Waals surface area contributed by atoms with Crippen molar-refractivity contribution in [2.24, 2.45) is 0 Å². The fourth-order valence-corrected chi connectivity index (χ4v) is 1.60. The van der Waals surface area contributed by atoms with Crippen LogP contribution in [-0.2, 0) is 32.7 Å². The predicted octanol–water partition coefficient (Wildman–Crippen LogP) is 4.44. The summed E-state index contributed by atoms with van der Waals surface area (Å²) in [6.45, 7) is 4.15. The molecule has 21 heavy (non-hydrogen) atoms. The van der Waals surface area contributed by atoms with Crippen LogP contribution in [0.15, 0.2) is 48.5 Å². The second-order valence-corrected chi connectivity index (χ2v) is 5.07. The minimum atomic E-state index is 0. The largest absolute Gasteiger partial charge is 0.528 e. The summed E-state index contributed by atoms with van der Waals surface area (Å²) in [4.78, 5) is 3.69. The van der Waals surface area contributed by atoms with Gasteiger partial charge in [-0.3, -0.25) is 14.1 Å². The number of rotatable bonds is 2. The minimum absolute atomic E-state index is 0. The van der Waals surface area contributed by atoms with Gasteiger partial charge in [-0.05, 0) is 52.2 Å². The maximum absolute atomic E-state index is 3.77. The molecule has 2 nitrogen and oxygen atoms in total. The Morgan fingerprint density at radius 3 is 1.05 bits per heavy atom. The van der Waals surface area contributed by atoms with E-state index < -0.39 is 0 Å². The Morgan fingerprint density at radius 2 is 0.857 bits per heavy atom. The fraction of sp³-hybridized carbons (Fsp3) is 0.222. The van der Waals surface area contributed by atoms with Crippen molar-refractivity contribution >= 4 is 11.4 Å². The van der Waals surface area contributed by atoms with Crippen molar-refractivity contribution in [1.29, 1.82) is 0 Å². The van der Waals surface area contributed by atoms with Gasteiger partial charge in [-0.2, -0.15) is 0 Å². The van der Waals surface area contributed by atoms with Crippen LogP contribution in [0.4, 0.5) is 11.4 Å². The number of aryl methyl sites for hydroxylation is 2. The van der Waals surface area contributed by atoms with E-state index >= 15 is 0 Å². The normalized spacial score (nSPS) is 9.05. The summed E-state index contributed by atoms with van der Waals surface area (Å²) in [5, 5.41) is 0. The summed E-state index contributed by atoms with van der Waals surface area (Å²) in [6, 6.07) is 16.6. The number of nitrogens with zero attached hydrogens (tertiary/aromatic N) is 2. The molecule has 0 aliphatic carbocycles. The van der Waals surface area contributed by atoms with E-state index in [0.29, 0.717) is 0 Å². The topological polar surface area (TPSA) is 6.48 Å². The van der Waals surface area contributed by atoms with Crippen LogP contribution in [0.3, 0.4) is 0 Å². The molecule has 0 N–H and O–H groups in total. The zero-order valence-electron chi connectivity index (χ0n) is 13.5. The van der Waals surface area contributed by atoms with E-state index in [1.165, 1.54) is 11.1 Å². The van der Waals surface area contributed by atoms with E-state index in [1.807, 2.05) is 23.9 Å². The monoisotopic (exact) mass is 357 g/mol. The molecule has 0 saturated heterocycles. The summed E-state index contributed by atoms with van der Waals surface area (Å²) in [7, 11) is 11.4. The van der Waals surface area contributed by atoms with Gasteiger partial charge in [0.1, 0.15) is 0 Å². The van der Waals surface area contributed by atoms with Gasteiger partial charge in [0, 0.05) is 44.1 Å². The predicted molar refractivity (Wildman–Crippen MR) is 89.9 cm³/mol. The number of hydrogen-bond donors (Lipinski definition) is 0. The van der Waals surface area contributed by atoms with Crippen LogP contribution >= 0.6 is 0 Å². The van der Waals surface area contributed by atoms with Crippen LogP contribution < -0.4 is 9.80 Å². The van der Waals surface area contributed by atoms with Crippen LogP contribution in [0.5, 0.6) is 0 Å². The number of anilines is 2. The van der Waals surface area contributed by atoms with Crippen molar-refractivity contribution in [3.8, 4) is 0 Å². The van der Waals surface area contributed by atoms with Crippen LogP contribution in [0.25, 0.3) is 0 Å². The molecule has 0 saturated carbocycles. The summed E-state index contributed by atoms with van der Waals surface area (Å²) in [5.74, 6) is 0. The van der Waals surface area contributed by atoms with E-state index in [1.54, 1.807) is 0 Å². The first-order valence-corrected chi connectivity index (χ1v) is 6.62. The Labute approximate surface area is 155 Å². The van der Waals surface area contributed by atoms with Gasteiger partial charge in [0.25, 0.3) is 0 Å². The van der Waals surface area contributed by atoms with Gasteiger partial charge >= 0.3 is 0 Å². The molecule has 0 heterocycles. The Balaban J connectivity index is 0.000000364. The maximum atomic E-state index is 3.77. The first kappa shape index (κ1) is 20.1. The van der Waals surface area contributed by atoms with Crippen LogP contribution in [0, 0.1) is 27.9 Å². The van der Waals surface area contributed by atoms with E-state index in [0.717, 1.165) is 11.4 Å². The fourth-order valence-electron chi connectivity index (χ4n) is 1.60. The third-order valence-corrected chi connectivity index (χ3v) is 2.95. The third kappa shape index (κ3) is 7.64. The van der Waals surface area contributed by atoms with Gasteiger partial charge in [-0.15, -0.1) is 0 Å². The molecular weight excluding hydrogens is 333 g/mol. The Bertz CT molecular complexity index is 452. The molecule has 0 amide bonds. The molecule has 0 fully saturated rings. The Hall–Kier alpha value is -0.856. The third-order valence-electron chi connectivity index (χ3n) is 2.95. The van der Waals surface area contributed by atoms with E-state index in [9.17, 15) is 0 Å². The molecule has 2 rings (SSSR count). The molecule has 3 heteroatoms. The van der Waals surface area contributed by atoms with Gasteiger partial charge in [-0.1, -0.05) is 35.4 Å². The van der Waals surface area contributed by atoms with Crippen LogP contribution in [0.1, 0.15) is 11.1 Å². The molecule has 1 radical (unpaired) electrons. The summed E-state index contributed by atoms with van der Waals surface area (Å²) in [6.07, 6.45) is 0. The van der Waals surface area contributed by atoms with E-state index in [-0.39, 0.29) is 32.7 Å². The number of benzene rings is 2. The molecule has 0 atom stereocenters. The SMILES string of the molecule is [CH2-]N(C)c1ccc(C)cc1.[CH2-]N(C)c1ccc(C)cc1.[Y]. The van der Waals surface area contributed by atoms with Crippen LogP contribution in [0.2, 0.25) is 0 Å². The molecule has 2 aromatic carbocycles. The van der Waals surface area contributed by atoms with Crippen LogP contribution in [-0.4, -0.2) is 14.1 Å². The molecule has 0 unspecified atom stereocenters. The van der Waals surface area contributed by atoms with Crippen molar-refractivity contribution in [3.63, 3.8) is 0 Å². The molecule has 2 aromatic rings. The van der Waals surface area contributed by atoms with Crippen molar-refractivity contribution < 1.29 is 32.7 Å². The minimum Gasteiger partial charge on any atom is -0.528 e. The van der Waals surface area contributed by atoms with Gasteiger partial charge in [0.2, 0.25) is 0 Å². The first-order chi connectivity index (χ1) is 9.40. The smallest absolute Gasteiger partial charge is 0.00666 e. The Kier molecular flexibility index (Phi) is 9.56. The van der Waals surface area contributed by atoms with Gasteiger partial charge in [-0.25, -0.2) is 0 Å². The molecule has 0 aromatic heterocycles. The van der Waals surface area contributed by atoms with Crippen molar-refractivity contribution in [3.05, 3.63) is 73.8 Å². The zero-order chi connectivity index (χ0) is 15.1. The quantitative estimate of drug-likeness (QED) is 0.733. The second kappa shape index (κ2) is 9.97. The molecule has 0 spiro atoms. The van der Waals surface area contributed by atoms with Gasteiger partial charge in [0.05, 0.1) is 0 Å². The molecule has 0 aliphatic rings. The first-order valence-electron chi connectivity index (χ1n) is 6.62. The average Bonchev–Trinajstić information content (AvgIpc) is 2.40. The summed E-state index contributed by atoms with van der Waals surface area (Å²) >= 11 is 0. The van der Waals surface area contributed by atoms with Gasteiger partial charge in [0.15, 0.2) is 0 Å². The molecule has 0 bridgehead atoms. The number of hydrogen-bond acceptors (Lipinski definition) is 2. The summed E-state index contributed by atoms with van der Waals surface area (Å²) in [5.41, 5.74) is 4.85. The Morgan fingerprint density at radius 1 is 0.619 bits per heavy atom. The molecular formula is C18H24N2Y-2. The molecule has 111 valence electrons. The average molecular weight is 357 g/mol. The maximum Gasteiger partial charge on any atom is 0.00666 e. The second-order valence-electron chi connectivity index (χ2n) is 5.07. The van der Waals surface area contributed by atoms with Crippen molar-refractivity contribution in [2.45, 2.75) is 13.8 Å². The zero-order valence-corrected chi connectivity index (χ0v) is 16.3. The van der Waals surface area contributed by atoms with E-state index in [4.69, 9.17) is 0 Å². The summed E-state index contributed by atoms with van der Waals surface area (Å²) < 4.78 is 0. The molecule has 0 aliphatic heterocycles. The van der Waals surface area contributed by atoms with Crippen molar-refractivity contribution in [2.75, 3.05) is 23.9 Å². The van der Waals surface area contributed by atoms with Gasteiger partial charge < -0.3 is 9.80 Å². The van der Waals surface area contributed by atoms with E-state index in [2.05, 4.69) is 76.5 Å². The standard InChI is InChI=1S/2C9H12N.Y/c2*1-8-4-6-9(7-5-8)10(2)3;/h2*4-7H,2H2,1,3H3;/q2*-1;.